The quantitative estimate of drug-likeness (QED) is 0.394. The highest BCUT2D eigenvalue weighted by molar-refractivity contribution is 5.77. The lowest BCUT2D eigenvalue weighted by Crippen LogP contribution is -2.44. The highest BCUT2D eigenvalue weighted by Crippen LogP contribution is 2.25. The summed E-state index contributed by atoms with van der Waals surface area (Å²) in [7, 11) is 2.15. The summed E-state index contributed by atoms with van der Waals surface area (Å²) in [5.74, 6) is 0.982. The largest absolute Gasteiger partial charge is 0.380 e. The lowest BCUT2D eigenvalue weighted by atomic mass is 10.2. The van der Waals surface area contributed by atoms with Gasteiger partial charge < -0.3 is 20.4 Å². The molecule has 10 nitrogen and oxygen atoms in total. The number of anilines is 3. The molecular weight excluding hydrogens is 466 g/mol. The van der Waals surface area contributed by atoms with Crippen LogP contribution in [0.4, 0.5) is 17.3 Å². The molecule has 2 aliphatic heterocycles. The minimum Gasteiger partial charge on any atom is -0.380 e. The topological polar surface area (TPSA) is 96.1 Å². The molecule has 0 radical (unpaired) electrons. The van der Waals surface area contributed by atoms with E-state index in [1.54, 1.807) is 21.6 Å². The standard InChI is InChI=1S/C27H29N9O/c1-4-11-35-26(37)22-17-29-27(30-20-6-8-21(9-7-20)34-14-12-33(3)13-15-34)32-25(22)36(35)23-10-5-19-16-28-18(2)24(19)31-23/h4-10,17,28H,1-2,11-16H2,3H3,(H,29,30,32). The Hall–Kier alpha value is -4.44. The maximum Gasteiger partial charge on any atom is 0.278 e. The Morgan fingerprint density at radius 3 is 2.62 bits per heavy atom. The maximum atomic E-state index is 13.2. The van der Waals surface area contributed by atoms with Crippen molar-refractivity contribution in [3.05, 3.63) is 83.4 Å². The van der Waals surface area contributed by atoms with Crippen molar-refractivity contribution in [1.29, 1.82) is 0 Å². The van der Waals surface area contributed by atoms with Gasteiger partial charge >= 0.3 is 0 Å². The van der Waals surface area contributed by atoms with Gasteiger partial charge in [-0.15, -0.1) is 6.58 Å². The van der Waals surface area contributed by atoms with Crippen LogP contribution in [0.15, 0.2) is 66.6 Å². The van der Waals surface area contributed by atoms with E-state index >= 15 is 0 Å². The molecule has 37 heavy (non-hydrogen) atoms. The van der Waals surface area contributed by atoms with E-state index in [1.165, 1.54) is 5.69 Å². The number of nitrogens with one attached hydrogen (secondary N) is 2. The molecule has 3 aromatic heterocycles. The average Bonchev–Trinajstić information content (AvgIpc) is 3.41. The number of nitrogens with zero attached hydrogens (tertiary/aromatic N) is 7. The monoisotopic (exact) mass is 495 g/mol. The molecule has 2 aliphatic rings. The van der Waals surface area contributed by atoms with Crippen molar-refractivity contribution in [1.82, 2.24) is 34.5 Å². The van der Waals surface area contributed by atoms with E-state index in [4.69, 9.17) is 9.97 Å². The summed E-state index contributed by atoms with van der Waals surface area (Å²) in [6.07, 6.45) is 3.24. The first-order valence-corrected chi connectivity index (χ1v) is 12.4. The van der Waals surface area contributed by atoms with Gasteiger partial charge in [0, 0.05) is 50.3 Å². The van der Waals surface area contributed by atoms with Crippen LogP contribution in [0.25, 0.3) is 22.5 Å². The number of piperazine rings is 1. The Labute approximate surface area is 214 Å². The van der Waals surface area contributed by atoms with Crippen LogP contribution in [0.5, 0.6) is 0 Å². The molecule has 5 heterocycles. The summed E-state index contributed by atoms with van der Waals surface area (Å²) in [5, 5.41) is 6.91. The lowest BCUT2D eigenvalue weighted by Gasteiger charge is -2.34. The molecular formula is C27H29N9O. The highest BCUT2D eigenvalue weighted by Gasteiger charge is 2.21. The van der Waals surface area contributed by atoms with Gasteiger partial charge in [0.1, 0.15) is 5.39 Å². The van der Waals surface area contributed by atoms with Gasteiger partial charge in [-0.05, 0) is 42.9 Å². The maximum absolute atomic E-state index is 13.2. The van der Waals surface area contributed by atoms with Crippen molar-refractivity contribution in [2.75, 3.05) is 43.4 Å². The van der Waals surface area contributed by atoms with Crippen LogP contribution in [-0.4, -0.2) is 62.4 Å². The van der Waals surface area contributed by atoms with Gasteiger partial charge in [0.25, 0.3) is 5.56 Å². The number of pyridine rings is 1. The van der Waals surface area contributed by atoms with Gasteiger partial charge in [-0.2, -0.15) is 4.98 Å². The van der Waals surface area contributed by atoms with Crippen LogP contribution in [0.3, 0.4) is 0 Å². The minimum atomic E-state index is -0.197. The van der Waals surface area contributed by atoms with Crippen LogP contribution in [-0.2, 0) is 13.1 Å². The molecule has 0 aliphatic carbocycles. The zero-order chi connectivity index (χ0) is 25.5. The van der Waals surface area contributed by atoms with E-state index in [0.29, 0.717) is 35.9 Å². The molecule has 4 aromatic rings. The fraction of sp³-hybridized carbons (Fsp3) is 0.259. The number of benzene rings is 1. The van der Waals surface area contributed by atoms with Gasteiger partial charge in [0.15, 0.2) is 11.5 Å². The zero-order valence-electron chi connectivity index (χ0n) is 20.8. The summed E-state index contributed by atoms with van der Waals surface area (Å²) >= 11 is 0. The molecule has 0 amide bonds. The van der Waals surface area contributed by atoms with Crippen molar-refractivity contribution < 1.29 is 0 Å². The van der Waals surface area contributed by atoms with Crippen molar-refractivity contribution in [2.24, 2.45) is 0 Å². The van der Waals surface area contributed by atoms with Gasteiger partial charge in [0.2, 0.25) is 5.95 Å². The second-order valence-electron chi connectivity index (χ2n) is 9.39. The SMILES string of the molecule is C=CCn1c(=O)c2cnc(Nc3ccc(N4CCN(C)CC4)cc3)nc2n1-c1ccc2c(n1)C(=C)NC2. The molecule has 0 saturated carbocycles. The van der Waals surface area contributed by atoms with Gasteiger partial charge in [-0.3, -0.25) is 4.79 Å². The minimum absolute atomic E-state index is 0.197. The second kappa shape index (κ2) is 9.21. The van der Waals surface area contributed by atoms with Crippen LogP contribution in [0.2, 0.25) is 0 Å². The van der Waals surface area contributed by atoms with E-state index in [2.05, 4.69) is 57.8 Å². The average molecular weight is 496 g/mol. The first kappa shape index (κ1) is 23.0. The lowest BCUT2D eigenvalue weighted by molar-refractivity contribution is 0.313. The van der Waals surface area contributed by atoms with E-state index in [-0.39, 0.29) is 5.56 Å². The predicted octanol–water partition coefficient (Wildman–Crippen LogP) is 2.73. The Morgan fingerprint density at radius 2 is 1.86 bits per heavy atom. The van der Waals surface area contributed by atoms with Crippen LogP contribution >= 0.6 is 0 Å². The fourth-order valence-electron chi connectivity index (χ4n) is 4.84. The van der Waals surface area contributed by atoms with Gasteiger partial charge in [-0.25, -0.2) is 19.3 Å². The molecule has 0 atom stereocenters. The van der Waals surface area contributed by atoms with E-state index in [0.717, 1.165) is 48.8 Å². The molecule has 10 heteroatoms. The molecule has 2 N–H and O–H groups in total. The molecule has 1 aromatic carbocycles. The number of hydrogen-bond acceptors (Lipinski definition) is 8. The summed E-state index contributed by atoms with van der Waals surface area (Å²) in [4.78, 5) is 31.9. The Morgan fingerprint density at radius 1 is 1.08 bits per heavy atom. The molecule has 0 spiro atoms. The fourth-order valence-corrected chi connectivity index (χ4v) is 4.84. The first-order chi connectivity index (χ1) is 18.0. The first-order valence-electron chi connectivity index (χ1n) is 12.4. The Balaban J connectivity index is 1.35. The van der Waals surface area contributed by atoms with Gasteiger partial charge in [-0.1, -0.05) is 18.7 Å². The van der Waals surface area contributed by atoms with E-state index in [1.807, 2.05) is 24.3 Å². The van der Waals surface area contributed by atoms with Crippen LogP contribution < -0.4 is 21.1 Å². The summed E-state index contributed by atoms with van der Waals surface area (Å²) < 4.78 is 3.30. The van der Waals surface area contributed by atoms with Crippen molar-refractivity contribution >= 4 is 34.1 Å². The third-order valence-electron chi connectivity index (χ3n) is 6.93. The summed E-state index contributed by atoms with van der Waals surface area (Å²) in [5.41, 5.74) is 4.98. The molecule has 0 unspecified atom stereocenters. The van der Waals surface area contributed by atoms with Gasteiger partial charge in [0.05, 0.1) is 17.9 Å². The van der Waals surface area contributed by atoms with Crippen LogP contribution in [0, 0.1) is 0 Å². The Bertz CT molecular complexity index is 1560. The van der Waals surface area contributed by atoms with Crippen molar-refractivity contribution in [2.45, 2.75) is 13.1 Å². The van der Waals surface area contributed by atoms with Crippen LogP contribution in [0.1, 0.15) is 11.3 Å². The smallest absolute Gasteiger partial charge is 0.278 e. The number of allylic oxidation sites excluding steroid dienone is 1. The second-order valence-corrected chi connectivity index (χ2v) is 9.39. The zero-order valence-corrected chi connectivity index (χ0v) is 20.8. The third kappa shape index (κ3) is 4.15. The normalized spacial score (nSPS) is 15.6. The van der Waals surface area contributed by atoms with E-state index in [9.17, 15) is 4.79 Å². The number of rotatable bonds is 6. The number of likely N-dealkylation sites (N-methyl/N-ethyl adjacent to an activating group) is 1. The summed E-state index contributed by atoms with van der Waals surface area (Å²) in [6.45, 7) is 13.0. The molecule has 1 saturated heterocycles. The number of aromatic nitrogens is 5. The highest BCUT2D eigenvalue weighted by atomic mass is 16.1. The van der Waals surface area contributed by atoms with Crippen molar-refractivity contribution in [3.8, 4) is 5.82 Å². The molecule has 6 rings (SSSR count). The third-order valence-corrected chi connectivity index (χ3v) is 6.93. The summed E-state index contributed by atoms with van der Waals surface area (Å²) in [6, 6.07) is 12.2. The van der Waals surface area contributed by atoms with E-state index < -0.39 is 0 Å². The predicted molar refractivity (Wildman–Crippen MR) is 146 cm³/mol. The number of hydrogen-bond donors (Lipinski definition) is 2. The molecule has 188 valence electrons. The molecule has 0 bridgehead atoms. The number of fused-ring (bicyclic) bond motifs is 2. The van der Waals surface area contributed by atoms with Crippen molar-refractivity contribution in [3.63, 3.8) is 0 Å². The molecule has 1 fully saturated rings. The Kier molecular flexibility index (Phi) is 5.72.